The Morgan fingerprint density at radius 3 is 1.29 bits per heavy atom. The topological polar surface area (TPSA) is 90.6 Å². The number of hydrogen-bond donors (Lipinski definition) is 0. The van der Waals surface area contributed by atoms with Gasteiger partial charge in [-0.3, -0.25) is 24.8 Å². The Labute approximate surface area is 382 Å². The van der Waals surface area contributed by atoms with E-state index in [1.807, 2.05) is 13.1 Å². The second kappa shape index (κ2) is 32.3. The quantitative estimate of drug-likeness (QED) is 0.300. The van der Waals surface area contributed by atoms with Crippen LogP contribution in [0.1, 0.15) is 170 Å². The van der Waals surface area contributed by atoms with Gasteiger partial charge in [0.25, 0.3) is 0 Å². The fourth-order valence-corrected chi connectivity index (χ4v) is 4.81. The number of aryl methyl sites for hydroxylation is 1. The summed E-state index contributed by atoms with van der Waals surface area (Å²) in [6.45, 7) is 55.5. The minimum Gasteiger partial charge on any atom is -0.660 e. The van der Waals surface area contributed by atoms with Crippen molar-refractivity contribution in [2.45, 2.75) is 171 Å². The van der Waals surface area contributed by atoms with E-state index in [1.165, 1.54) is 19.5 Å². The van der Waals surface area contributed by atoms with Crippen LogP contribution in [0.25, 0.3) is 5.32 Å². The van der Waals surface area contributed by atoms with Gasteiger partial charge in [0.05, 0.1) is 36.9 Å². The summed E-state index contributed by atoms with van der Waals surface area (Å²) in [5, 5.41) is 4.32. The molecular weight excluding hydrogens is 905 g/mol. The van der Waals surface area contributed by atoms with E-state index in [2.05, 4.69) is 167 Å². The van der Waals surface area contributed by atoms with Crippen molar-refractivity contribution >= 4 is 0 Å². The van der Waals surface area contributed by atoms with Crippen LogP contribution in [-0.2, 0) is 40.7 Å². The van der Waals surface area contributed by atoms with Gasteiger partial charge in [-0.15, -0.1) is 13.1 Å². The standard InChI is InChI=1S/C9H14N2.C9H19N2.C9H19NO.C8H12N2.C6H14O.C6H14.2CH4.Re/c1-7-5-11-8(6-10-7)9(2,3)4;1-9(2,3)8-11-6-4-10-5-7-11;1-9(2,3)8-10-4-6-11-7-5-10;1-8(2,3)7-6-9-4-5-10-7;1-6(2,3)5-7-4;1-5-6(2,3)4;;;/h5-6H,1-4H3;2*4-8H2,1-3H3;4-6H,1-3H3;5H2,1-4H3;5H2,1-4H3;2*1H4;/q;-1;;;;;;;. The van der Waals surface area contributed by atoms with Gasteiger partial charge >= 0.3 is 0 Å². The maximum Gasteiger partial charge on any atom is 0.0640 e. The molecule has 4 heterocycles. The van der Waals surface area contributed by atoms with Gasteiger partial charge in [-0.25, -0.2) is 0 Å². The van der Waals surface area contributed by atoms with Gasteiger partial charge in [0.2, 0.25) is 0 Å². The maximum absolute atomic E-state index is 5.27. The Balaban J connectivity index is -0.000000198. The molecule has 10 heteroatoms. The third kappa shape index (κ3) is 44.5. The largest absolute Gasteiger partial charge is 0.660 e. The summed E-state index contributed by atoms with van der Waals surface area (Å²) in [6, 6.07) is 0. The fourth-order valence-electron chi connectivity index (χ4n) is 4.81. The molecule has 2 aromatic rings. The van der Waals surface area contributed by atoms with Crippen LogP contribution in [0.4, 0.5) is 0 Å². The van der Waals surface area contributed by atoms with Gasteiger partial charge in [-0.1, -0.05) is 153 Å². The predicted octanol–water partition coefficient (Wildman–Crippen LogP) is 12.3. The van der Waals surface area contributed by atoms with E-state index in [-0.39, 0.29) is 46.1 Å². The summed E-state index contributed by atoms with van der Waals surface area (Å²) in [5.41, 5.74) is 5.02. The summed E-state index contributed by atoms with van der Waals surface area (Å²) in [7, 11) is 1.73. The molecule has 2 aliphatic rings. The van der Waals surface area contributed by atoms with Crippen LogP contribution in [0.2, 0.25) is 0 Å². The molecule has 4 rings (SSSR count). The van der Waals surface area contributed by atoms with Gasteiger partial charge < -0.3 is 19.7 Å². The number of rotatable bonds is 3. The summed E-state index contributed by atoms with van der Waals surface area (Å²) < 4.78 is 10.2. The van der Waals surface area contributed by atoms with Crippen molar-refractivity contribution in [2.24, 2.45) is 21.7 Å². The Morgan fingerprint density at radius 2 is 1.02 bits per heavy atom. The smallest absolute Gasteiger partial charge is 0.0640 e. The van der Waals surface area contributed by atoms with E-state index < -0.39 is 0 Å². The molecule has 0 atom stereocenters. The number of piperazine rings is 1. The van der Waals surface area contributed by atoms with Gasteiger partial charge in [0.1, 0.15) is 0 Å². The summed E-state index contributed by atoms with van der Waals surface area (Å²) in [6.07, 6.45) is 10.1. The molecule has 1 radical (unpaired) electrons. The molecule has 0 amide bonds. The molecule has 2 saturated heterocycles. The van der Waals surface area contributed by atoms with Crippen molar-refractivity contribution in [3.63, 3.8) is 0 Å². The van der Waals surface area contributed by atoms with Crippen LogP contribution in [0, 0.1) is 28.6 Å². The van der Waals surface area contributed by atoms with Crippen molar-refractivity contribution in [3.05, 3.63) is 53.4 Å². The van der Waals surface area contributed by atoms with Crippen molar-refractivity contribution in [1.29, 1.82) is 0 Å². The van der Waals surface area contributed by atoms with E-state index >= 15 is 0 Å². The van der Waals surface area contributed by atoms with Crippen molar-refractivity contribution in [2.75, 3.05) is 79.3 Å². The summed E-state index contributed by atoms with van der Waals surface area (Å²) >= 11 is 0. The Kier molecular flexibility index (Phi) is 36.5. The zero-order valence-electron chi connectivity index (χ0n) is 41.2. The average molecular weight is 1010 g/mol. The Bertz CT molecular complexity index is 1180. The first-order chi connectivity index (χ1) is 25.4. The maximum atomic E-state index is 5.27. The predicted molar refractivity (Wildman–Crippen MR) is 256 cm³/mol. The molecule has 2 aliphatic heterocycles. The molecule has 0 N–H and O–H groups in total. The van der Waals surface area contributed by atoms with Crippen molar-refractivity contribution in [1.82, 2.24) is 29.7 Å². The van der Waals surface area contributed by atoms with Crippen LogP contribution in [-0.4, -0.2) is 109 Å². The molecule has 0 bridgehead atoms. The zero-order valence-corrected chi connectivity index (χ0v) is 43.9. The molecule has 0 unspecified atom stereocenters. The second-order valence-corrected chi connectivity index (χ2v) is 22.0. The molecule has 0 aliphatic carbocycles. The number of morpholine rings is 1. The summed E-state index contributed by atoms with van der Waals surface area (Å²) in [4.78, 5) is 21.6. The number of ether oxygens (including phenoxy) is 2. The molecule has 0 spiro atoms. The van der Waals surface area contributed by atoms with Crippen LogP contribution < -0.4 is 0 Å². The zero-order chi connectivity index (χ0) is 43.9. The van der Waals surface area contributed by atoms with E-state index in [4.69, 9.17) is 9.47 Å². The SMILES string of the molecule is C.C.CC(C)(C)CN1CCOCC1.CC(C)(C)CN1CC[N-]CC1.CC(C)(C)c1cnccn1.CCC(C)(C)C.COCC(C)(C)C.Cc1cnc(C(C)(C)C)cn1.[Re]. The first kappa shape index (κ1) is 66.7. The van der Waals surface area contributed by atoms with Crippen molar-refractivity contribution in [3.8, 4) is 0 Å². The fraction of sp³-hybridized carbons (Fsp3) is 0.837. The number of nitrogens with zero attached hydrogens (tertiary/aromatic N) is 7. The van der Waals surface area contributed by atoms with Crippen LogP contribution in [0.5, 0.6) is 0 Å². The van der Waals surface area contributed by atoms with Crippen LogP contribution >= 0.6 is 0 Å². The molecule has 2 fully saturated rings. The summed E-state index contributed by atoms with van der Waals surface area (Å²) in [5.74, 6) is 0. The first-order valence-corrected chi connectivity index (χ1v) is 21.1. The van der Waals surface area contributed by atoms with E-state index in [0.29, 0.717) is 21.7 Å². The molecule has 351 valence electrons. The minimum absolute atomic E-state index is 0. The van der Waals surface area contributed by atoms with Gasteiger partial charge in [-0.2, -0.15) is 0 Å². The second-order valence-electron chi connectivity index (χ2n) is 22.0. The van der Waals surface area contributed by atoms with Gasteiger partial charge in [0.15, 0.2) is 0 Å². The normalized spacial score (nSPS) is 15.0. The Morgan fingerprint density at radius 1 is 0.593 bits per heavy atom. The third-order valence-electron chi connectivity index (χ3n) is 8.17. The molecule has 0 saturated carbocycles. The average Bonchev–Trinajstić information content (AvgIpc) is 3.05. The molecule has 59 heavy (non-hydrogen) atoms. The third-order valence-corrected chi connectivity index (χ3v) is 8.17. The van der Waals surface area contributed by atoms with Crippen LogP contribution in [0.3, 0.4) is 0 Å². The van der Waals surface area contributed by atoms with E-state index in [1.54, 1.807) is 31.9 Å². The van der Waals surface area contributed by atoms with E-state index in [0.717, 1.165) is 76.2 Å². The molecule has 0 aromatic carbocycles. The van der Waals surface area contributed by atoms with Gasteiger partial charge in [0, 0.05) is 95.5 Å². The van der Waals surface area contributed by atoms with Crippen LogP contribution in [0.15, 0.2) is 31.0 Å². The van der Waals surface area contributed by atoms with Crippen molar-refractivity contribution < 1.29 is 29.9 Å². The number of aromatic nitrogens is 4. The number of hydrogen-bond acceptors (Lipinski definition) is 8. The molecular formula is C49H100N7O2Re-. The van der Waals surface area contributed by atoms with Gasteiger partial charge in [-0.05, 0) is 41.7 Å². The monoisotopic (exact) mass is 1010 g/mol. The first-order valence-electron chi connectivity index (χ1n) is 21.1. The minimum atomic E-state index is 0. The Hall–Kier alpha value is -1.38. The number of methoxy groups -OCH3 is 1. The molecule has 2 aromatic heterocycles. The molecule has 9 nitrogen and oxygen atoms in total. The van der Waals surface area contributed by atoms with E-state index in [9.17, 15) is 0 Å².